The molecule has 0 saturated carbocycles. The molecule has 5 aromatic rings. The summed E-state index contributed by atoms with van der Waals surface area (Å²) in [6.07, 6.45) is 9.39. The van der Waals surface area contributed by atoms with E-state index >= 15 is 0 Å². The van der Waals surface area contributed by atoms with E-state index in [2.05, 4.69) is 38.1 Å². The summed E-state index contributed by atoms with van der Waals surface area (Å²) in [5, 5.41) is 0. The van der Waals surface area contributed by atoms with Gasteiger partial charge in [-0.1, -0.05) is 54.6 Å². The van der Waals surface area contributed by atoms with Gasteiger partial charge < -0.3 is 9.88 Å². The van der Waals surface area contributed by atoms with E-state index in [0.29, 0.717) is 18.7 Å². The SMILES string of the molecule is O=S(=O)(c1ccccc1)N1Cc2cc(-c3ccncc3)ccc2N(Cc2cnc[nH]2)C=C1Cc1ccccc1. The molecule has 2 aromatic heterocycles. The number of benzene rings is 3. The van der Waals surface area contributed by atoms with Crippen molar-refractivity contribution >= 4 is 15.7 Å². The standard InChI is InChI=1S/C31H27N5O2S/c37-39(38,30-9-5-2-6-10-30)36-20-27-18-26(25-13-15-32-16-14-25)11-12-31(27)35(21-28-19-33-23-34-28)22-29(36)17-24-7-3-1-4-8-24/h1-16,18-19,22-23H,17,20-21H2,(H,33,34). The highest BCUT2D eigenvalue weighted by atomic mass is 32.2. The molecule has 6 rings (SSSR count). The number of hydrogen-bond donors (Lipinski definition) is 1. The van der Waals surface area contributed by atoms with E-state index in [1.807, 2.05) is 54.7 Å². The van der Waals surface area contributed by atoms with Crippen molar-refractivity contribution in [2.24, 2.45) is 0 Å². The van der Waals surface area contributed by atoms with E-state index in [1.54, 1.807) is 53.5 Å². The number of rotatable bonds is 7. The zero-order valence-electron chi connectivity index (χ0n) is 21.2. The smallest absolute Gasteiger partial charge is 0.264 e. The quantitative estimate of drug-likeness (QED) is 0.287. The Kier molecular flexibility index (Phi) is 6.69. The molecule has 8 heteroatoms. The van der Waals surface area contributed by atoms with E-state index < -0.39 is 10.0 Å². The van der Waals surface area contributed by atoms with Gasteiger partial charge in [-0.2, -0.15) is 0 Å². The molecule has 0 radical (unpaired) electrons. The van der Waals surface area contributed by atoms with Gasteiger partial charge in [-0.05, 0) is 58.7 Å². The first-order chi connectivity index (χ1) is 19.1. The van der Waals surface area contributed by atoms with Crippen molar-refractivity contribution in [1.82, 2.24) is 19.3 Å². The van der Waals surface area contributed by atoms with Gasteiger partial charge in [-0.25, -0.2) is 13.4 Å². The van der Waals surface area contributed by atoms with Crippen LogP contribution in [0.25, 0.3) is 11.1 Å². The number of nitrogens with one attached hydrogen (secondary N) is 1. The number of allylic oxidation sites excluding steroid dienone is 1. The van der Waals surface area contributed by atoms with Crippen LogP contribution in [-0.2, 0) is 29.5 Å². The molecule has 0 unspecified atom stereocenters. The maximum Gasteiger partial charge on any atom is 0.264 e. The van der Waals surface area contributed by atoms with Crippen LogP contribution in [0.3, 0.4) is 0 Å². The van der Waals surface area contributed by atoms with Gasteiger partial charge in [0.2, 0.25) is 0 Å². The minimum atomic E-state index is -3.85. The van der Waals surface area contributed by atoms with Crippen LogP contribution in [0, 0.1) is 0 Å². The van der Waals surface area contributed by atoms with Crippen LogP contribution in [0.4, 0.5) is 5.69 Å². The molecule has 0 spiro atoms. The van der Waals surface area contributed by atoms with Crippen molar-refractivity contribution in [3.05, 3.63) is 145 Å². The summed E-state index contributed by atoms with van der Waals surface area (Å²) in [6, 6.07) is 28.7. The summed E-state index contributed by atoms with van der Waals surface area (Å²) in [5.74, 6) is 0. The predicted octanol–water partition coefficient (Wildman–Crippen LogP) is 5.77. The topological polar surface area (TPSA) is 82.2 Å². The van der Waals surface area contributed by atoms with Gasteiger partial charge in [0.05, 0.1) is 30.0 Å². The maximum absolute atomic E-state index is 14.2. The molecule has 7 nitrogen and oxygen atoms in total. The number of anilines is 1. The van der Waals surface area contributed by atoms with Crippen molar-refractivity contribution in [2.45, 2.75) is 24.4 Å². The van der Waals surface area contributed by atoms with Crippen LogP contribution in [0.5, 0.6) is 0 Å². The third-order valence-corrected chi connectivity index (χ3v) is 8.61. The predicted molar refractivity (Wildman–Crippen MR) is 152 cm³/mol. The van der Waals surface area contributed by atoms with E-state index in [4.69, 9.17) is 0 Å². The monoisotopic (exact) mass is 533 g/mol. The highest BCUT2D eigenvalue weighted by molar-refractivity contribution is 7.89. The lowest BCUT2D eigenvalue weighted by molar-refractivity contribution is 0.466. The normalized spacial score (nSPS) is 13.5. The van der Waals surface area contributed by atoms with E-state index in [1.165, 1.54) is 0 Å². The fourth-order valence-corrected chi connectivity index (χ4v) is 6.35. The van der Waals surface area contributed by atoms with E-state index in [0.717, 1.165) is 33.6 Å². The van der Waals surface area contributed by atoms with Crippen LogP contribution in [0.1, 0.15) is 16.8 Å². The first kappa shape index (κ1) is 24.6. The average molecular weight is 534 g/mol. The molecule has 0 saturated heterocycles. The van der Waals surface area contributed by atoms with Crippen molar-refractivity contribution in [1.29, 1.82) is 0 Å². The summed E-state index contributed by atoms with van der Waals surface area (Å²) >= 11 is 0. The Labute approximate surface area is 228 Å². The Morgan fingerprint density at radius 2 is 1.56 bits per heavy atom. The molecule has 3 aromatic carbocycles. The van der Waals surface area contributed by atoms with Crippen LogP contribution in [-0.4, -0.2) is 27.7 Å². The zero-order valence-corrected chi connectivity index (χ0v) is 22.0. The minimum absolute atomic E-state index is 0.198. The van der Waals surface area contributed by atoms with Gasteiger partial charge in [0.1, 0.15) is 0 Å². The Morgan fingerprint density at radius 3 is 2.28 bits per heavy atom. The number of fused-ring (bicyclic) bond motifs is 1. The van der Waals surface area contributed by atoms with Crippen LogP contribution in [0.15, 0.2) is 133 Å². The summed E-state index contributed by atoms with van der Waals surface area (Å²) in [7, 11) is -3.85. The number of aromatic amines is 1. The maximum atomic E-state index is 14.2. The first-order valence-corrected chi connectivity index (χ1v) is 14.1. The highest BCUT2D eigenvalue weighted by Crippen LogP contribution is 2.36. The minimum Gasteiger partial charge on any atom is -0.347 e. The fourth-order valence-electron chi connectivity index (χ4n) is 4.87. The van der Waals surface area contributed by atoms with Crippen LogP contribution >= 0.6 is 0 Å². The van der Waals surface area contributed by atoms with Gasteiger partial charge >= 0.3 is 0 Å². The van der Waals surface area contributed by atoms with Crippen LogP contribution < -0.4 is 4.90 Å². The molecule has 0 atom stereocenters. The molecule has 39 heavy (non-hydrogen) atoms. The number of H-pyrrole nitrogens is 1. The molecule has 0 aliphatic carbocycles. The van der Waals surface area contributed by atoms with Gasteiger partial charge in [0.25, 0.3) is 10.0 Å². The van der Waals surface area contributed by atoms with Gasteiger partial charge in [0, 0.05) is 42.6 Å². The Balaban J connectivity index is 1.52. The second-order valence-electron chi connectivity index (χ2n) is 9.39. The summed E-state index contributed by atoms with van der Waals surface area (Å²) in [6.45, 7) is 0.711. The second-order valence-corrected chi connectivity index (χ2v) is 11.3. The number of hydrogen-bond acceptors (Lipinski definition) is 5. The van der Waals surface area contributed by atoms with Crippen molar-refractivity contribution < 1.29 is 8.42 Å². The molecule has 0 bridgehead atoms. The van der Waals surface area contributed by atoms with Crippen LogP contribution in [0.2, 0.25) is 0 Å². The van der Waals surface area contributed by atoms with Crippen molar-refractivity contribution in [3.63, 3.8) is 0 Å². The van der Waals surface area contributed by atoms with Gasteiger partial charge in [-0.3, -0.25) is 9.29 Å². The highest BCUT2D eigenvalue weighted by Gasteiger charge is 2.31. The van der Waals surface area contributed by atoms with Crippen molar-refractivity contribution in [3.8, 4) is 11.1 Å². The summed E-state index contributed by atoms with van der Waals surface area (Å²) < 4.78 is 29.9. The van der Waals surface area contributed by atoms with Crippen molar-refractivity contribution in [2.75, 3.05) is 4.90 Å². The Hall–Kier alpha value is -4.69. The van der Waals surface area contributed by atoms with Gasteiger partial charge in [0.15, 0.2) is 0 Å². The second kappa shape index (κ2) is 10.6. The number of sulfonamides is 1. The Bertz CT molecular complexity index is 1690. The van der Waals surface area contributed by atoms with E-state index in [9.17, 15) is 8.42 Å². The number of aromatic nitrogens is 3. The number of imidazole rings is 1. The third-order valence-electron chi connectivity index (χ3n) is 6.80. The molecule has 1 aliphatic rings. The molecule has 194 valence electrons. The lowest BCUT2D eigenvalue weighted by Crippen LogP contribution is -2.31. The lowest BCUT2D eigenvalue weighted by atomic mass is 10.0. The molecule has 1 N–H and O–H groups in total. The zero-order chi connectivity index (χ0) is 26.7. The molecule has 1 aliphatic heterocycles. The molecule has 0 amide bonds. The van der Waals surface area contributed by atoms with E-state index in [-0.39, 0.29) is 11.4 Å². The largest absolute Gasteiger partial charge is 0.347 e. The third kappa shape index (κ3) is 5.19. The molecule has 0 fully saturated rings. The molecular formula is C31H27N5O2S. The summed E-state index contributed by atoms with van der Waals surface area (Å²) in [5.41, 5.74) is 6.51. The fraction of sp³-hybridized carbons (Fsp3) is 0.0968. The number of nitrogens with zero attached hydrogens (tertiary/aromatic N) is 4. The molecular weight excluding hydrogens is 506 g/mol. The lowest BCUT2D eigenvalue weighted by Gasteiger charge is -2.26. The number of pyridine rings is 1. The molecule has 3 heterocycles. The average Bonchev–Trinajstić information content (AvgIpc) is 3.44. The summed E-state index contributed by atoms with van der Waals surface area (Å²) in [4.78, 5) is 13.9. The Morgan fingerprint density at radius 1 is 0.821 bits per heavy atom. The van der Waals surface area contributed by atoms with Gasteiger partial charge in [-0.15, -0.1) is 0 Å². The first-order valence-electron chi connectivity index (χ1n) is 12.7.